The van der Waals surface area contributed by atoms with Crippen molar-refractivity contribution in [1.29, 1.82) is 0 Å². The lowest BCUT2D eigenvalue weighted by Crippen LogP contribution is -2.20. The van der Waals surface area contributed by atoms with Crippen LogP contribution >= 0.6 is 0 Å². The second-order valence-electron chi connectivity index (χ2n) is 6.43. The van der Waals surface area contributed by atoms with Gasteiger partial charge in [-0.1, -0.05) is 30.3 Å². The predicted octanol–water partition coefficient (Wildman–Crippen LogP) is 3.96. The summed E-state index contributed by atoms with van der Waals surface area (Å²) in [6.07, 6.45) is 0.945. The van der Waals surface area contributed by atoms with Gasteiger partial charge in [0, 0.05) is 6.20 Å². The molecule has 1 aromatic heterocycles. The van der Waals surface area contributed by atoms with Gasteiger partial charge in [0.2, 0.25) is 0 Å². The molecule has 6 heteroatoms. The fourth-order valence-corrected chi connectivity index (χ4v) is 2.55. The molecule has 0 saturated carbocycles. The molecule has 132 valence electrons. The summed E-state index contributed by atoms with van der Waals surface area (Å²) in [4.78, 5) is 16.5. The van der Waals surface area contributed by atoms with Gasteiger partial charge in [0.15, 0.2) is 5.79 Å². The van der Waals surface area contributed by atoms with E-state index in [1.165, 1.54) is 0 Å². The lowest BCUT2D eigenvalue weighted by Gasteiger charge is -2.17. The Bertz CT molecular complexity index is 746. The number of aromatic nitrogens is 1. The Morgan fingerprint density at radius 2 is 2.12 bits per heavy atom. The zero-order valence-corrected chi connectivity index (χ0v) is 14.6. The number of aryl methyl sites for hydroxylation is 1. The van der Waals surface area contributed by atoms with Crippen LogP contribution in [-0.2, 0) is 20.8 Å². The summed E-state index contributed by atoms with van der Waals surface area (Å²) < 4.78 is 16.6. The molecule has 1 aliphatic rings. The second kappa shape index (κ2) is 7.21. The van der Waals surface area contributed by atoms with Crippen LogP contribution in [0.5, 0.6) is 0 Å². The maximum absolute atomic E-state index is 12.1. The first-order chi connectivity index (χ1) is 11.9. The van der Waals surface area contributed by atoms with E-state index in [1.54, 1.807) is 12.3 Å². The Hall–Kier alpha value is -2.44. The fourth-order valence-electron chi connectivity index (χ4n) is 2.55. The number of carbonyl (C=O) groups excluding carboxylic acids is 1. The molecule has 2 heterocycles. The topological polar surface area (TPSA) is 69.7 Å². The number of carbonyl (C=O) groups is 1. The third-order valence-corrected chi connectivity index (χ3v) is 3.91. The fraction of sp³-hybridized carbons (Fsp3) is 0.368. The molecule has 1 fully saturated rings. The minimum atomic E-state index is -0.626. The van der Waals surface area contributed by atoms with Gasteiger partial charge in [-0.15, -0.1) is 0 Å². The molecule has 1 amide bonds. The van der Waals surface area contributed by atoms with Crippen LogP contribution in [0, 0.1) is 6.92 Å². The molecule has 0 unspecified atom stereocenters. The van der Waals surface area contributed by atoms with E-state index >= 15 is 0 Å². The third kappa shape index (κ3) is 4.55. The van der Waals surface area contributed by atoms with Gasteiger partial charge in [-0.3, -0.25) is 10.3 Å². The molecule has 25 heavy (non-hydrogen) atoms. The van der Waals surface area contributed by atoms with Crippen molar-refractivity contribution in [3.63, 3.8) is 0 Å². The normalized spacial score (nSPS) is 18.8. The first kappa shape index (κ1) is 17.4. The molecule has 1 aromatic carbocycles. The van der Waals surface area contributed by atoms with Gasteiger partial charge in [-0.05, 0) is 38.0 Å². The lowest BCUT2D eigenvalue weighted by atomic mass is 10.1. The Balaban J connectivity index is 1.63. The minimum Gasteiger partial charge on any atom is -0.444 e. The van der Waals surface area contributed by atoms with Crippen molar-refractivity contribution in [1.82, 2.24) is 4.98 Å². The maximum atomic E-state index is 12.1. The molecular formula is C19H22N2O4. The van der Waals surface area contributed by atoms with E-state index in [1.807, 2.05) is 51.1 Å². The largest absolute Gasteiger partial charge is 0.444 e. The number of nitrogens with zero attached hydrogens (tertiary/aromatic N) is 1. The van der Waals surface area contributed by atoms with Gasteiger partial charge in [0.05, 0.1) is 18.0 Å². The molecule has 0 spiro atoms. The Morgan fingerprint density at radius 3 is 2.80 bits per heavy atom. The smallest absolute Gasteiger partial charge is 0.411 e. The number of hydrogen-bond donors (Lipinski definition) is 1. The first-order valence-electron chi connectivity index (χ1n) is 8.19. The van der Waals surface area contributed by atoms with Crippen LogP contribution in [0.1, 0.15) is 36.8 Å². The highest BCUT2D eigenvalue weighted by Gasteiger charge is 2.34. The van der Waals surface area contributed by atoms with Crippen molar-refractivity contribution in [2.24, 2.45) is 0 Å². The quantitative estimate of drug-likeness (QED) is 0.910. The van der Waals surface area contributed by atoms with Crippen molar-refractivity contribution in [2.45, 2.75) is 39.3 Å². The van der Waals surface area contributed by atoms with E-state index in [9.17, 15) is 4.79 Å². The van der Waals surface area contributed by atoms with Crippen LogP contribution in [0.2, 0.25) is 0 Å². The summed E-state index contributed by atoms with van der Waals surface area (Å²) in [7, 11) is 0. The Morgan fingerprint density at radius 1 is 1.36 bits per heavy atom. The Labute approximate surface area is 147 Å². The summed E-state index contributed by atoms with van der Waals surface area (Å²) >= 11 is 0. The third-order valence-electron chi connectivity index (χ3n) is 3.91. The molecule has 2 aromatic rings. The SMILES string of the molecule is Cc1cnc([C@@H]2COC(C)(C)O2)cc1NC(=O)OCc1ccccc1. The zero-order valence-electron chi connectivity index (χ0n) is 14.6. The summed E-state index contributed by atoms with van der Waals surface area (Å²) in [5.41, 5.74) is 3.15. The number of anilines is 1. The first-order valence-corrected chi connectivity index (χ1v) is 8.19. The number of hydrogen-bond acceptors (Lipinski definition) is 5. The number of ether oxygens (including phenoxy) is 3. The summed E-state index contributed by atoms with van der Waals surface area (Å²) in [6.45, 7) is 6.25. The van der Waals surface area contributed by atoms with Gasteiger partial charge in [-0.2, -0.15) is 0 Å². The highest BCUT2D eigenvalue weighted by Crippen LogP contribution is 2.33. The van der Waals surface area contributed by atoms with Crippen LogP contribution in [-0.4, -0.2) is 23.5 Å². The number of nitrogens with one attached hydrogen (secondary N) is 1. The van der Waals surface area contributed by atoms with Crippen LogP contribution in [0.15, 0.2) is 42.6 Å². The van der Waals surface area contributed by atoms with Gasteiger partial charge < -0.3 is 14.2 Å². The standard InChI is InChI=1S/C19H22N2O4/c1-13-10-20-16(17-12-24-19(2,3)25-17)9-15(13)21-18(22)23-11-14-7-5-4-6-8-14/h4-10,17H,11-12H2,1-3H3,(H,20,21,22)/t17-/m0/s1. The molecule has 6 nitrogen and oxygen atoms in total. The van der Waals surface area contributed by atoms with Crippen LogP contribution in [0.3, 0.4) is 0 Å². The molecule has 1 atom stereocenters. The maximum Gasteiger partial charge on any atom is 0.411 e. The van der Waals surface area contributed by atoms with Crippen molar-refractivity contribution in [2.75, 3.05) is 11.9 Å². The molecule has 0 aliphatic carbocycles. The second-order valence-corrected chi connectivity index (χ2v) is 6.43. The van der Waals surface area contributed by atoms with E-state index in [4.69, 9.17) is 14.2 Å². The highest BCUT2D eigenvalue weighted by atomic mass is 16.7. The minimum absolute atomic E-state index is 0.220. The van der Waals surface area contributed by atoms with E-state index < -0.39 is 11.9 Å². The molecule has 0 bridgehead atoms. The lowest BCUT2D eigenvalue weighted by molar-refractivity contribution is -0.139. The van der Waals surface area contributed by atoms with E-state index in [0.717, 1.165) is 16.8 Å². The highest BCUT2D eigenvalue weighted by molar-refractivity contribution is 5.85. The summed E-state index contributed by atoms with van der Waals surface area (Å²) in [5.74, 6) is -0.626. The van der Waals surface area contributed by atoms with Crippen molar-refractivity contribution < 1.29 is 19.0 Å². The van der Waals surface area contributed by atoms with Crippen molar-refractivity contribution in [3.8, 4) is 0 Å². The van der Waals surface area contributed by atoms with Crippen LogP contribution in [0.25, 0.3) is 0 Å². The van der Waals surface area contributed by atoms with E-state index in [-0.39, 0.29) is 12.7 Å². The summed E-state index contributed by atoms with van der Waals surface area (Å²) in [5, 5.41) is 2.77. The monoisotopic (exact) mass is 342 g/mol. The van der Waals surface area contributed by atoms with Gasteiger partial charge in [0.25, 0.3) is 0 Å². The molecule has 3 rings (SSSR count). The predicted molar refractivity (Wildman–Crippen MR) is 93.1 cm³/mol. The molecule has 1 N–H and O–H groups in total. The van der Waals surface area contributed by atoms with Crippen LogP contribution in [0.4, 0.5) is 10.5 Å². The number of amides is 1. The molecular weight excluding hydrogens is 320 g/mol. The van der Waals surface area contributed by atoms with Gasteiger partial charge in [0.1, 0.15) is 12.7 Å². The molecule has 1 saturated heterocycles. The molecule has 1 aliphatic heterocycles. The molecule has 0 radical (unpaired) electrons. The van der Waals surface area contributed by atoms with E-state index in [2.05, 4.69) is 10.3 Å². The number of benzene rings is 1. The average molecular weight is 342 g/mol. The Kier molecular flexibility index (Phi) is 5.01. The van der Waals surface area contributed by atoms with Crippen molar-refractivity contribution >= 4 is 11.8 Å². The zero-order chi connectivity index (χ0) is 17.9. The van der Waals surface area contributed by atoms with Gasteiger partial charge in [-0.25, -0.2) is 4.79 Å². The van der Waals surface area contributed by atoms with Crippen molar-refractivity contribution in [3.05, 3.63) is 59.4 Å². The average Bonchev–Trinajstić information content (AvgIpc) is 2.96. The van der Waals surface area contributed by atoms with E-state index in [0.29, 0.717) is 12.3 Å². The van der Waals surface area contributed by atoms with Crippen LogP contribution < -0.4 is 5.32 Å². The van der Waals surface area contributed by atoms with Gasteiger partial charge >= 0.3 is 6.09 Å². The number of pyridine rings is 1. The number of rotatable bonds is 4. The summed E-state index contributed by atoms with van der Waals surface area (Å²) in [6, 6.07) is 11.3.